The Morgan fingerprint density at radius 1 is 1.69 bits per heavy atom. The molecule has 0 aliphatic carbocycles. The number of nitrogens with one attached hydrogen (secondary N) is 3. The third-order valence-electron chi connectivity index (χ3n) is 1.85. The average Bonchev–Trinajstić information content (AvgIpc) is 2.48. The fourth-order valence-corrected chi connectivity index (χ4v) is 1.18. The molecular weight excluding hydrogens is 170 g/mol. The molecule has 3 amide bonds. The third-order valence-corrected chi connectivity index (χ3v) is 1.85. The lowest BCUT2D eigenvalue weighted by Gasteiger charge is -2.10. The maximum atomic E-state index is 11.1. The summed E-state index contributed by atoms with van der Waals surface area (Å²) >= 11 is 0. The Hall–Kier alpha value is -1.26. The maximum absolute atomic E-state index is 11.1. The Kier molecular flexibility index (Phi) is 3.54. The van der Waals surface area contributed by atoms with E-state index in [1.165, 1.54) is 0 Å². The molecule has 1 saturated heterocycles. The lowest BCUT2D eigenvalue weighted by Crippen LogP contribution is -2.43. The van der Waals surface area contributed by atoms with Gasteiger partial charge in [0.15, 0.2) is 0 Å². The number of carbonyl (C=O) groups excluding carboxylic acids is 2. The van der Waals surface area contributed by atoms with E-state index >= 15 is 0 Å². The van der Waals surface area contributed by atoms with Crippen LogP contribution < -0.4 is 16.0 Å². The van der Waals surface area contributed by atoms with E-state index in [9.17, 15) is 9.59 Å². The average molecular weight is 185 g/mol. The monoisotopic (exact) mass is 185 g/mol. The quantitative estimate of drug-likeness (QED) is 0.559. The predicted octanol–water partition coefficient (Wildman–Crippen LogP) is -0.416. The van der Waals surface area contributed by atoms with E-state index in [0.29, 0.717) is 19.5 Å². The van der Waals surface area contributed by atoms with Crippen molar-refractivity contribution >= 4 is 11.9 Å². The second-order valence-electron chi connectivity index (χ2n) is 3.11. The van der Waals surface area contributed by atoms with Crippen LogP contribution in [0.3, 0.4) is 0 Å². The minimum atomic E-state index is -0.191. The van der Waals surface area contributed by atoms with Crippen molar-refractivity contribution in [2.24, 2.45) is 0 Å². The standard InChI is InChI=1S/C8H15N3O2/c1-2-3-9-8(13)11-6-4-7(12)10-5-6/h6H,2-5H2,1H3,(H,10,12)(H2,9,11,13). The van der Waals surface area contributed by atoms with Crippen LogP contribution in [0.5, 0.6) is 0 Å². The van der Waals surface area contributed by atoms with Crippen molar-refractivity contribution in [1.82, 2.24) is 16.0 Å². The number of urea groups is 1. The third kappa shape index (κ3) is 3.31. The van der Waals surface area contributed by atoms with E-state index in [-0.39, 0.29) is 18.0 Å². The van der Waals surface area contributed by atoms with Gasteiger partial charge >= 0.3 is 6.03 Å². The summed E-state index contributed by atoms with van der Waals surface area (Å²) in [6, 6.07) is -0.243. The number of carbonyl (C=O) groups is 2. The van der Waals surface area contributed by atoms with Crippen LogP contribution in [0.25, 0.3) is 0 Å². The van der Waals surface area contributed by atoms with Gasteiger partial charge in [0.05, 0.1) is 6.04 Å². The molecule has 0 aromatic rings. The van der Waals surface area contributed by atoms with Crippen molar-refractivity contribution in [1.29, 1.82) is 0 Å². The van der Waals surface area contributed by atoms with Gasteiger partial charge in [-0.05, 0) is 6.42 Å². The second kappa shape index (κ2) is 4.69. The molecule has 0 saturated carbocycles. The molecule has 5 heteroatoms. The van der Waals surface area contributed by atoms with E-state index in [4.69, 9.17) is 0 Å². The fraction of sp³-hybridized carbons (Fsp3) is 0.750. The van der Waals surface area contributed by atoms with E-state index < -0.39 is 0 Å². The van der Waals surface area contributed by atoms with Crippen LogP contribution in [0.4, 0.5) is 4.79 Å². The van der Waals surface area contributed by atoms with Crippen molar-refractivity contribution in [3.63, 3.8) is 0 Å². The Labute approximate surface area is 77.3 Å². The molecule has 1 aliphatic heterocycles. The van der Waals surface area contributed by atoms with Crippen LogP contribution in [0.15, 0.2) is 0 Å². The first-order valence-corrected chi connectivity index (χ1v) is 4.53. The Balaban J connectivity index is 2.17. The van der Waals surface area contributed by atoms with E-state index in [2.05, 4.69) is 16.0 Å². The van der Waals surface area contributed by atoms with Gasteiger partial charge in [0, 0.05) is 19.5 Å². The molecule has 0 spiro atoms. The highest BCUT2D eigenvalue weighted by Crippen LogP contribution is 1.98. The summed E-state index contributed by atoms with van der Waals surface area (Å²) in [5.41, 5.74) is 0. The van der Waals surface area contributed by atoms with Crippen molar-refractivity contribution < 1.29 is 9.59 Å². The van der Waals surface area contributed by atoms with Crippen molar-refractivity contribution in [3.8, 4) is 0 Å². The Bertz CT molecular complexity index is 206. The maximum Gasteiger partial charge on any atom is 0.315 e. The summed E-state index contributed by atoms with van der Waals surface area (Å²) in [6.07, 6.45) is 1.30. The van der Waals surface area contributed by atoms with Gasteiger partial charge in [0.2, 0.25) is 5.91 Å². The smallest absolute Gasteiger partial charge is 0.315 e. The predicted molar refractivity (Wildman–Crippen MR) is 48.2 cm³/mol. The highest BCUT2D eigenvalue weighted by Gasteiger charge is 2.22. The lowest BCUT2D eigenvalue weighted by atomic mass is 10.2. The summed E-state index contributed by atoms with van der Waals surface area (Å²) < 4.78 is 0. The summed E-state index contributed by atoms with van der Waals surface area (Å²) in [7, 11) is 0. The summed E-state index contributed by atoms with van der Waals surface area (Å²) in [4.78, 5) is 21.9. The van der Waals surface area contributed by atoms with Gasteiger partial charge in [0.25, 0.3) is 0 Å². The van der Waals surface area contributed by atoms with Crippen LogP contribution in [0.1, 0.15) is 19.8 Å². The summed E-state index contributed by atoms with van der Waals surface area (Å²) in [6.45, 7) is 3.19. The van der Waals surface area contributed by atoms with Crippen LogP contribution in [-0.2, 0) is 4.79 Å². The minimum Gasteiger partial charge on any atom is -0.354 e. The molecule has 5 nitrogen and oxygen atoms in total. The second-order valence-corrected chi connectivity index (χ2v) is 3.11. The molecule has 0 aromatic heterocycles. The first kappa shape index (κ1) is 9.83. The van der Waals surface area contributed by atoms with Gasteiger partial charge < -0.3 is 16.0 Å². The first-order chi connectivity index (χ1) is 6.22. The Morgan fingerprint density at radius 3 is 3.00 bits per heavy atom. The molecule has 1 atom stereocenters. The van der Waals surface area contributed by atoms with Crippen molar-refractivity contribution in [3.05, 3.63) is 0 Å². The van der Waals surface area contributed by atoms with Crippen LogP contribution >= 0.6 is 0 Å². The number of amides is 3. The molecule has 0 radical (unpaired) electrons. The zero-order chi connectivity index (χ0) is 9.68. The molecule has 1 unspecified atom stereocenters. The summed E-state index contributed by atoms with van der Waals surface area (Å²) in [5, 5.41) is 8.05. The molecule has 0 aromatic carbocycles. The molecule has 3 N–H and O–H groups in total. The van der Waals surface area contributed by atoms with Gasteiger partial charge in [0.1, 0.15) is 0 Å². The van der Waals surface area contributed by atoms with E-state index in [1.54, 1.807) is 0 Å². The Morgan fingerprint density at radius 2 is 2.46 bits per heavy atom. The van der Waals surface area contributed by atoms with Crippen LogP contribution in [-0.4, -0.2) is 31.1 Å². The zero-order valence-electron chi connectivity index (χ0n) is 7.72. The minimum absolute atomic E-state index is 0.000733. The zero-order valence-corrected chi connectivity index (χ0v) is 7.72. The molecule has 13 heavy (non-hydrogen) atoms. The molecular formula is C8H15N3O2. The molecule has 1 fully saturated rings. The van der Waals surface area contributed by atoms with Gasteiger partial charge in [-0.3, -0.25) is 4.79 Å². The first-order valence-electron chi connectivity index (χ1n) is 4.53. The number of hydrogen-bond donors (Lipinski definition) is 3. The summed E-state index contributed by atoms with van der Waals surface area (Å²) in [5.74, 6) is 0.000733. The molecule has 1 aliphatic rings. The topological polar surface area (TPSA) is 70.2 Å². The van der Waals surface area contributed by atoms with E-state index in [1.807, 2.05) is 6.92 Å². The van der Waals surface area contributed by atoms with Crippen molar-refractivity contribution in [2.45, 2.75) is 25.8 Å². The largest absolute Gasteiger partial charge is 0.354 e. The highest BCUT2D eigenvalue weighted by atomic mass is 16.2. The van der Waals surface area contributed by atoms with Gasteiger partial charge in [-0.1, -0.05) is 6.92 Å². The van der Waals surface area contributed by atoms with E-state index in [0.717, 1.165) is 6.42 Å². The number of rotatable bonds is 3. The van der Waals surface area contributed by atoms with Gasteiger partial charge in [-0.15, -0.1) is 0 Å². The van der Waals surface area contributed by atoms with Crippen LogP contribution in [0.2, 0.25) is 0 Å². The SMILES string of the molecule is CCCNC(=O)NC1CNC(=O)C1. The molecule has 1 heterocycles. The van der Waals surface area contributed by atoms with Crippen molar-refractivity contribution in [2.75, 3.05) is 13.1 Å². The highest BCUT2D eigenvalue weighted by molar-refractivity contribution is 5.81. The molecule has 0 bridgehead atoms. The number of hydrogen-bond acceptors (Lipinski definition) is 2. The molecule has 1 rings (SSSR count). The lowest BCUT2D eigenvalue weighted by molar-refractivity contribution is -0.119. The fourth-order valence-electron chi connectivity index (χ4n) is 1.18. The van der Waals surface area contributed by atoms with Crippen LogP contribution in [0, 0.1) is 0 Å². The normalized spacial score (nSPS) is 21.0. The molecule has 74 valence electrons. The van der Waals surface area contributed by atoms with Gasteiger partial charge in [-0.2, -0.15) is 0 Å². The van der Waals surface area contributed by atoms with Gasteiger partial charge in [-0.25, -0.2) is 4.79 Å².